The Morgan fingerprint density at radius 3 is 2.30 bits per heavy atom. The van der Waals surface area contributed by atoms with Gasteiger partial charge in [-0.15, -0.1) is 0 Å². The van der Waals surface area contributed by atoms with E-state index >= 15 is 0 Å². The summed E-state index contributed by atoms with van der Waals surface area (Å²) in [5.74, 6) is 0.318. The number of hydrogen-bond acceptors (Lipinski definition) is 4. The molecule has 0 bridgehead atoms. The van der Waals surface area contributed by atoms with Crippen LogP contribution >= 0.6 is 0 Å². The van der Waals surface area contributed by atoms with Gasteiger partial charge in [-0.25, -0.2) is 0 Å². The van der Waals surface area contributed by atoms with Crippen molar-refractivity contribution in [3.63, 3.8) is 0 Å². The lowest BCUT2D eigenvalue weighted by molar-refractivity contribution is -0.384. The molecule has 1 N–H and O–H groups in total. The Kier molecular flexibility index (Phi) is 5.79. The van der Waals surface area contributed by atoms with Crippen LogP contribution in [0.3, 0.4) is 0 Å². The molecule has 0 unspecified atom stereocenters. The van der Waals surface area contributed by atoms with Crippen molar-refractivity contribution in [1.29, 1.82) is 0 Å². The fourth-order valence-corrected chi connectivity index (χ4v) is 2.60. The maximum Gasteiger partial charge on any atom is 0.269 e. The quantitative estimate of drug-likeness (QED) is 0.489. The zero-order chi connectivity index (χ0) is 19.1. The second-order valence-electron chi connectivity index (χ2n) is 5.81. The lowest BCUT2D eigenvalue weighted by Gasteiger charge is -2.11. The van der Waals surface area contributed by atoms with Gasteiger partial charge in [-0.3, -0.25) is 14.9 Å². The van der Waals surface area contributed by atoms with Gasteiger partial charge >= 0.3 is 0 Å². The zero-order valence-corrected chi connectivity index (χ0v) is 14.5. The first-order valence-corrected chi connectivity index (χ1v) is 8.45. The fourth-order valence-electron chi connectivity index (χ4n) is 2.60. The summed E-state index contributed by atoms with van der Waals surface area (Å²) in [6, 6.07) is 23.2. The van der Waals surface area contributed by atoms with Crippen LogP contribution in [0.4, 0.5) is 11.4 Å². The summed E-state index contributed by atoms with van der Waals surface area (Å²) in [4.78, 5) is 22.4. The van der Waals surface area contributed by atoms with Crippen LogP contribution in [0.15, 0.2) is 78.9 Å². The molecular weight excluding hydrogens is 344 g/mol. The highest BCUT2D eigenvalue weighted by Gasteiger charge is 2.09. The van der Waals surface area contributed by atoms with Gasteiger partial charge < -0.3 is 10.1 Å². The van der Waals surface area contributed by atoms with E-state index in [9.17, 15) is 14.9 Å². The number of ether oxygens (including phenoxy) is 1. The smallest absolute Gasteiger partial charge is 0.269 e. The number of benzene rings is 3. The number of carbonyl (C=O) groups excluding carboxylic acids is 1. The first-order valence-electron chi connectivity index (χ1n) is 8.45. The number of anilines is 1. The average Bonchev–Trinajstić information content (AvgIpc) is 2.69. The summed E-state index contributed by atoms with van der Waals surface area (Å²) in [6.07, 6.45) is 0.167. The highest BCUT2D eigenvalue weighted by molar-refractivity contribution is 5.95. The molecule has 0 atom stereocenters. The van der Waals surface area contributed by atoms with Crippen LogP contribution in [0, 0.1) is 10.1 Å². The maximum absolute atomic E-state index is 12.2. The van der Waals surface area contributed by atoms with Crippen LogP contribution in [0.5, 0.6) is 5.75 Å². The third-order valence-electron chi connectivity index (χ3n) is 3.93. The summed E-state index contributed by atoms with van der Waals surface area (Å²) in [7, 11) is 0. The first kappa shape index (κ1) is 18.1. The third kappa shape index (κ3) is 4.92. The van der Waals surface area contributed by atoms with Crippen molar-refractivity contribution in [2.75, 3.05) is 11.9 Å². The second-order valence-corrected chi connectivity index (χ2v) is 5.81. The molecule has 0 saturated heterocycles. The van der Waals surface area contributed by atoms with E-state index in [0.29, 0.717) is 5.75 Å². The number of rotatable bonds is 7. The van der Waals surface area contributed by atoms with E-state index in [2.05, 4.69) is 5.32 Å². The maximum atomic E-state index is 12.2. The predicted molar refractivity (Wildman–Crippen MR) is 104 cm³/mol. The molecule has 6 heteroatoms. The van der Waals surface area contributed by atoms with Crippen LogP contribution in [0.2, 0.25) is 0 Å². The lowest BCUT2D eigenvalue weighted by Crippen LogP contribution is -2.15. The molecule has 0 spiro atoms. The zero-order valence-electron chi connectivity index (χ0n) is 14.5. The summed E-state index contributed by atoms with van der Waals surface area (Å²) in [6.45, 7) is 0.178. The molecule has 0 aliphatic rings. The summed E-state index contributed by atoms with van der Waals surface area (Å²) < 4.78 is 5.48. The molecule has 0 aliphatic carbocycles. The molecule has 27 heavy (non-hydrogen) atoms. The Balaban J connectivity index is 1.56. The molecule has 0 fully saturated rings. The molecule has 3 aromatic carbocycles. The van der Waals surface area contributed by atoms with Crippen LogP contribution in [-0.2, 0) is 4.79 Å². The number of nitrogens with zero attached hydrogens (tertiary/aromatic N) is 1. The predicted octanol–water partition coefficient (Wildman–Crippen LogP) is 4.67. The van der Waals surface area contributed by atoms with Crippen molar-refractivity contribution in [3.05, 3.63) is 89.0 Å². The molecule has 3 aromatic rings. The number of para-hydroxylation sites is 1. The van der Waals surface area contributed by atoms with Gasteiger partial charge in [-0.1, -0.05) is 48.5 Å². The summed E-state index contributed by atoms with van der Waals surface area (Å²) in [5.41, 5.74) is 2.71. The molecule has 1 amide bonds. The van der Waals surface area contributed by atoms with Gasteiger partial charge in [0.2, 0.25) is 5.91 Å². The summed E-state index contributed by atoms with van der Waals surface area (Å²) in [5, 5.41) is 13.5. The van der Waals surface area contributed by atoms with Gasteiger partial charge in [0.25, 0.3) is 5.69 Å². The van der Waals surface area contributed by atoms with E-state index in [1.165, 1.54) is 24.3 Å². The van der Waals surface area contributed by atoms with E-state index < -0.39 is 4.92 Å². The van der Waals surface area contributed by atoms with Crippen molar-refractivity contribution in [2.24, 2.45) is 0 Å². The lowest BCUT2D eigenvalue weighted by atomic mass is 10.0. The molecule has 3 rings (SSSR count). The fraction of sp³-hybridized carbons (Fsp3) is 0.0952. The molecular formula is C21H18N2O4. The molecule has 0 aromatic heterocycles. The van der Waals surface area contributed by atoms with Gasteiger partial charge in [0, 0.05) is 23.4 Å². The highest BCUT2D eigenvalue weighted by atomic mass is 16.6. The van der Waals surface area contributed by atoms with E-state index in [0.717, 1.165) is 16.8 Å². The Hall–Kier alpha value is -3.67. The van der Waals surface area contributed by atoms with Gasteiger partial charge in [0.05, 0.1) is 18.0 Å². The highest BCUT2D eigenvalue weighted by Crippen LogP contribution is 2.27. The minimum atomic E-state index is -0.471. The number of nitro benzene ring substituents is 1. The Morgan fingerprint density at radius 2 is 1.59 bits per heavy atom. The van der Waals surface area contributed by atoms with Crippen LogP contribution < -0.4 is 10.1 Å². The molecule has 0 saturated carbocycles. The van der Waals surface area contributed by atoms with Gasteiger partial charge in [-0.2, -0.15) is 0 Å². The Labute approximate surface area is 156 Å². The van der Waals surface area contributed by atoms with Crippen molar-refractivity contribution in [2.45, 2.75) is 6.42 Å². The minimum Gasteiger partial charge on any atom is -0.493 e. The number of non-ortho nitro benzene ring substituents is 1. The minimum absolute atomic E-state index is 0.00221. The monoisotopic (exact) mass is 362 g/mol. The molecule has 0 heterocycles. The van der Waals surface area contributed by atoms with E-state index in [1.54, 1.807) is 0 Å². The van der Waals surface area contributed by atoms with Crippen molar-refractivity contribution < 1.29 is 14.5 Å². The van der Waals surface area contributed by atoms with Crippen LogP contribution in [0.25, 0.3) is 11.1 Å². The molecule has 136 valence electrons. The van der Waals surface area contributed by atoms with Crippen molar-refractivity contribution in [1.82, 2.24) is 0 Å². The number of amides is 1. The number of carbonyl (C=O) groups is 1. The number of nitro groups is 1. The van der Waals surface area contributed by atoms with Crippen LogP contribution in [0.1, 0.15) is 6.42 Å². The number of nitrogens with one attached hydrogen (secondary N) is 1. The average molecular weight is 362 g/mol. The Bertz CT molecular complexity index is 924. The second kappa shape index (κ2) is 8.62. The Morgan fingerprint density at radius 1 is 0.926 bits per heavy atom. The van der Waals surface area contributed by atoms with Crippen LogP contribution in [-0.4, -0.2) is 17.4 Å². The van der Waals surface area contributed by atoms with Gasteiger partial charge in [0.15, 0.2) is 0 Å². The molecule has 6 nitrogen and oxygen atoms in total. The number of hydrogen-bond donors (Lipinski definition) is 1. The van der Waals surface area contributed by atoms with Gasteiger partial charge in [0.1, 0.15) is 5.75 Å². The molecule has 0 aliphatic heterocycles. The van der Waals surface area contributed by atoms with E-state index in [-0.39, 0.29) is 24.6 Å². The van der Waals surface area contributed by atoms with Crippen molar-refractivity contribution >= 4 is 17.3 Å². The summed E-state index contributed by atoms with van der Waals surface area (Å²) >= 11 is 0. The standard InChI is InChI=1S/C21H18N2O4/c24-21(14-15-27-18-12-10-17(11-13-18)23(25)26)22-20-9-5-4-8-19(20)16-6-2-1-3-7-16/h1-13H,14-15H2,(H,22,24). The van der Waals surface area contributed by atoms with Gasteiger partial charge in [-0.05, 0) is 23.8 Å². The topological polar surface area (TPSA) is 81.5 Å². The molecule has 0 radical (unpaired) electrons. The van der Waals surface area contributed by atoms with E-state index in [4.69, 9.17) is 4.74 Å². The first-order chi connectivity index (χ1) is 13.1. The largest absolute Gasteiger partial charge is 0.493 e. The van der Waals surface area contributed by atoms with Crippen molar-refractivity contribution in [3.8, 4) is 16.9 Å². The normalized spacial score (nSPS) is 10.2. The third-order valence-corrected chi connectivity index (χ3v) is 3.93. The van der Waals surface area contributed by atoms with E-state index in [1.807, 2.05) is 54.6 Å². The SMILES string of the molecule is O=C(CCOc1ccc([N+](=O)[O-])cc1)Nc1ccccc1-c1ccccc1.